The number of amides is 2. The normalized spacial score (nSPS) is 28.8. The van der Waals surface area contributed by atoms with E-state index in [1.807, 2.05) is 32.2 Å². The Morgan fingerprint density at radius 2 is 1.92 bits per heavy atom. The molecule has 3 aliphatic heterocycles. The zero-order valence-corrected chi connectivity index (χ0v) is 21.4. The van der Waals surface area contributed by atoms with Gasteiger partial charge in [0.2, 0.25) is 11.8 Å². The molecular formula is C27H29ClN6O2. The van der Waals surface area contributed by atoms with Gasteiger partial charge in [0, 0.05) is 48.5 Å². The summed E-state index contributed by atoms with van der Waals surface area (Å²) in [5.41, 5.74) is 5.88. The van der Waals surface area contributed by atoms with Gasteiger partial charge in [-0.3, -0.25) is 19.4 Å². The topological polar surface area (TPSA) is 82.8 Å². The van der Waals surface area contributed by atoms with Crippen LogP contribution >= 0.6 is 11.6 Å². The van der Waals surface area contributed by atoms with Crippen LogP contribution in [0.4, 0.5) is 0 Å². The zero-order valence-electron chi connectivity index (χ0n) is 20.7. The number of nitrogens with one attached hydrogen (secondary N) is 1. The fraction of sp³-hybridized carbons (Fsp3) is 0.481. The van der Waals surface area contributed by atoms with Gasteiger partial charge in [0.1, 0.15) is 6.33 Å². The van der Waals surface area contributed by atoms with E-state index in [2.05, 4.69) is 28.3 Å². The van der Waals surface area contributed by atoms with Crippen LogP contribution in [0, 0.1) is 17.3 Å². The molecule has 186 valence electrons. The van der Waals surface area contributed by atoms with Crippen LogP contribution in [0.1, 0.15) is 37.5 Å². The average molecular weight is 505 g/mol. The number of aromatic nitrogens is 3. The quantitative estimate of drug-likeness (QED) is 0.552. The highest BCUT2D eigenvalue weighted by Crippen LogP contribution is 2.63. The van der Waals surface area contributed by atoms with Crippen LogP contribution in [0.2, 0.25) is 5.02 Å². The first-order valence-corrected chi connectivity index (χ1v) is 13.1. The molecule has 2 aromatic heterocycles. The molecule has 0 spiro atoms. The van der Waals surface area contributed by atoms with E-state index in [0.29, 0.717) is 17.1 Å². The van der Waals surface area contributed by atoms with Crippen LogP contribution < -0.4 is 5.32 Å². The highest BCUT2D eigenvalue weighted by Gasteiger charge is 2.72. The lowest BCUT2D eigenvalue weighted by molar-refractivity contribution is -0.143. The van der Waals surface area contributed by atoms with Gasteiger partial charge < -0.3 is 5.32 Å². The molecule has 1 N–H and O–H groups in total. The van der Waals surface area contributed by atoms with Crippen molar-refractivity contribution >= 4 is 28.9 Å². The number of carbonyl (C=O) groups is 2. The number of halogens is 1. The van der Waals surface area contributed by atoms with Crippen molar-refractivity contribution in [2.75, 3.05) is 13.1 Å². The van der Waals surface area contributed by atoms with Crippen molar-refractivity contribution in [1.82, 2.24) is 29.7 Å². The maximum atomic E-state index is 12.9. The zero-order chi connectivity index (χ0) is 24.9. The van der Waals surface area contributed by atoms with Crippen LogP contribution in [-0.2, 0) is 29.1 Å². The lowest BCUT2D eigenvalue weighted by Crippen LogP contribution is -2.58. The molecular weight excluding hydrogens is 476 g/mol. The monoisotopic (exact) mass is 504 g/mol. The first kappa shape index (κ1) is 22.4. The molecule has 0 radical (unpaired) electrons. The Hall–Kier alpha value is -2.81. The van der Waals surface area contributed by atoms with Gasteiger partial charge in [-0.2, -0.15) is 5.10 Å². The Morgan fingerprint density at radius 3 is 2.69 bits per heavy atom. The van der Waals surface area contributed by atoms with Crippen molar-refractivity contribution in [3.63, 3.8) is 0 Å². The number of piperazine rings is 1. The number of rotatable bonds is 3. The predicted molar refractivity (Wildman–Crippen MR) is 135 cm³/mol. The van der Waals surface area contributed by atoms with E-state index in [1.165, 1.54) is 16.0 Å². The second kappa shape index (κ2) is 7.60. The molecule has 2 saturated heterocycles. The summed E-state index contributed by atoms with van der Waals surface area (Å²) < 4.78 is 1.79. The minimum Gasteiger partial charge on any atom is -0.314 e. The molecule has 9 heteroatoms. The minimum absolute atomic E-state index is 0.0554. The highest BCUT2D eigenvalue weighted by molar-refractivity contribution is 6.31. The van der Waals surface area contributed by atoms with E-state index in [-0.39, 0.29) is 35.6 Å². The summed E-state index contributed by atoms with van der Waals surface area (Å²) in [4.78, 5) is 34.4. The van der Waals surface area contributed by atoms with Crippen LogP contribution in [-0.4, -0.2) is 61.4 Å². The van der Waals surface area contributed by atoms with Gasteiger partial charge in [-0.05, 0) is 53.6 Å². The number of likely N-dealkylation sites (tertiary alicyclic amines) is 1. The molecule has 3 fully saturated rings. The molecule has 1 aliphatic carbocycles. The lowest BCUT2D eigenvalue weighted by Gasteiger charge is -2.45. The largest absolute Gasteiger partial charge is 0.314 e. The van der Waals surface area contributed by atoms with Crippen molar-refractivity contribution in [2.45, 2.75) is 52.4 Å². The molecule has 8 nitrogen and oxygen atoms in total. The molecule has 4 atom stereocenters. The van der Waals surface area contributed by atoms with Gasteiger partial charge in [-0.15, -0.1) is 0 Å². The Labute approximate surface area is 214 Å². The van der Waals surface area contributed by atoms with Crippen molar-refractivity contribution < 1.29 is 9.59 Å². The molecule has 3 aromatic rings. The van der Waals surface area contributed by atoms with E-state index in [1.54, 1.807) is 10.8 Å². The maximum absolute atomic E-state index is 12.9. The highest BCUT2D eigenvalue weighted by atomic mass is 35.5. The predicted octanol–water partition coefficient (Wildman–Crippen LogP) is 2.91. The fourth-order valence-corrected chi connectivity index (χ4v) is 7.10. The van der Waals surface area contributed by atoms with Crippen molar-refractivity contribution in [1.29, 1.82) is 0 Å². The third-order valence-electron chi connectivity index (χ3n) is 8.91. The Bertz CT molecular complexity index is 1420. The van der Waals surface area contributed by atoms with Crippen molar-refractivity contribution in [2.24, 2.45) is 17.3 Å². The van der Waals surface area contributed by atoms with E-state index in [9.17, 15) is 9.59 Å². The second-order valence-corrected chi connectivity index (χ2v) is 11.9. The van der Waals surface area contributed by atoms with Crippen LogP contribution in [0.25, 0.3) is 16.8 Å². The number of nitrogens with zero attached hydrogens (tertiary/aromatic N) is 5. The summed E-state index contributed by atoms with van der Waals surface area (Å²) in [6.45, 7) is 9.36. The summed E-state index contributed by atoms with van der Waals surface area (Å²) in [5, 5.41) is 8.67. The number of piperidine rings is 1. The van der Waals surface area contributed by atoms with Gasteiger partial charge in [-0.25, -0.2) is 9.50 Å². The summed E-state index contributed by atoms with van der Waals surface area (Å²) in [5.74, 6) is -0.460. The molecule has 5 heterocycles. The SMILES string of the molecule is C[C@H]1CNC[C@@H]2Cc3cc(Cl)cc(-c4ncnn5cc(CN6C(=O)C7C(C6=O)C7(C)C)cc45)c3CN21. The smallest absolute Gasteiger partial charge is 0.233 e. The molecule has 2 amide bonds. The molecule has 4 aliphatic rings. The third kappa shape index (κ3) is 3.14. The van der Waals surface area contributed by atoms with Gasteiger partial charge in [0.05, 0.1) is 29.6 Å². The molecule has 1 saturated carbocycles. The minimum atomic E-state index is -0.207. The number of benzene rings is 1. The van der Waals surface area contributed by atoms with Gasteiger partial charge in [0.15, 0.2) is 0 Å². The van der Waals surface area contributed by atoms with Crippen molar-refractivity contribution in [3.8, 4) is 11.3 Å². The molecule has 0 bridgehead atoms. The van der Waals surface area contributed by atoms with Crippen LogP contribution in [0.5, 0.6) is 0 Å². The maximum Gasteiger partial charge on any atom is 0.233 e. The Morgan fingerprint density at radius 1 is 1.14 bits per heavy atom. The van der Waals surface area contributed by atoms with Crippen LogP contribution in [0.15, 0.2) is 30.7 Å². The molecule has 2 unspecified atom stereocenters. The first-order chi connectivity index (χ1) is 17.2. The Balaban J connectivity index is 1.26. The van der Waals surface area contributed by atoms with Crippen molar-refractivity contribution in [3.05, 3.63) is 52.4 Å². The number of hydrogen-bond acceptors (Lipinski definition) is 6. The number of fused-ring (bicyclic) bond motifs is 4. The molecule has 36 heavy (non-hydrogen) atoms. The number of carbonyl (C=O) groups excluding carboxylic acids is 2. The van der Waals surface area contributed by atoms with Crippen LogP contribution in [0.3, 0.4) is 0 Å². The number of imide groups is 1. The van der Waals surface area contributed by atoms with E-state index in [4.69, 9.17) is 16.6 Å². The molecule has 1 aromatic carbocycles. The summed E-state index contributed by atoms with van der Waals surface area (Å²) >= 11 is 6.62. The standard InChI is InChI=1S/C27H29ClN6O2/c1-14-8-29-9-18-6-16-5-17(28)7-19(20(16)12-32(14)18)24-21-4-15(11-34(21)31-13-30-24)10-33-25(35)22-23(26(33)36)27(22,2)3/h4-5,7,11,13-14,18,22-23,29H,6,8-10,12H2,1-3H3/t14-,18-,22?,23?/m0/s1. The first-order valence-electron chi connectivity index (χ1n) is 12.7. The van der Waals surface area contributed by atoms with Gasteiger partial charge in [0.25, 0.3) is 0 Å². The van der Waals surface area contributed by atoms with Gasteiger partial charge >= 0.3 is 0 Å². The average Bonchev–Trinajstić information content (AvgIpc) is 3.09. The summed E-state index contributed by atoms with van der Waals surface area (Å²) in [6, 6.07) is 7.02. The lowest BCUT2D eigenvalue weighted by atomic mass is 9.87. The second-order valence-electron chi connectivity index (χ2n) is 11.5. The Kier molecular flexibility index (Phi) is 4.73. The third-order valence-corrected chi connectivity index (χ3v) is 9.13. The summed E-state index contributed by atoms with van der Waals surface area (Å²) in [6.07, 6.45) is 4.40. The number of hydrogen-bond donors (Lipinski definition) is 1. The fourth-order valence-electron chi connectivity index (χ4n) is 6.86. The summed E-state index contributed by atoms with van der Waals surface area (Å²) in [7, 11) is 0. The van der Waals surface area contributed by atoms with E-state index in [0.717, 1.165) is 48.4 Å². The molecule has 7 rings (SSSR count). The van der Waals surface area contributed by atoms with E-state index >= 15 is 0 Å². The van der Waals surface area contributed by atoms with E-state index < -0.39 is 0 Å². The van der Waals surface area contributed by atoms with Gasteiger partial charge in [-0.1, -0.05) is 25.4 Å².